The predicted molar refractivity (Wildman–Crippen MR) is 72.2 cm³/mol. The van der Waals surface area contributed by atoms with E-state index in [1.165, 1.54) is 0 Å². The third-order valence-electron chi connectivity index (χ3n) is 3.47. The molecule has 20 heavy (non-hydrogen) atoms. The largest absolute Gasteiger partial charge is 0.608 e. The number of halogens is 1. The van der Waals surface area contributed by atoms with Gasteiger partial charge in [0, 0.05) is 24.1 Å². The van der Waals surface area contributed by atoms with Crippen molar-refractivity contribution in [2.45, 2.75) is 50.1 Å². The van der Waals surface area contributed by atoms with Gasteiger partial charge in [-0.2, -0.15) is 4.39 Å². The highest BCUT2D eigenvalue weighted by molar-refractivity contribution is 8.06. The third kappa shape index (κ3) is 2.42. The van der Waals surface area contributed by atoms with Gasteiger partial charge in [-0.1, -0.05) is 5.21 Å². The van der Waals surface area contributed by atoms with Crippen molar-refractivity contribution < 1.29 is 13.8 Å². The van der Waals surface area contributed by atoms with Gasteiger partial charge in [-0.25, -0.2) is 0 Å². The first-order chi connectivity index (χ1) is 9.39. The average molecular weight is 300 g/mol. The van der Waals surface area contributed by atoms with Gasteiger partial charge in [0.25, 0.3) is 5.04 Å². The monoisotopic (exact) mass is 300 g/mol. The molecule has 0 N–H and O–H groups in total. The van der Waals surface area contributed by atoms with Crippen molar-refractivity contribution in [3.05, 3.63) is 11.4 Å². The number of alkyl halides is 1. The maximum atomic E-state index is 14.5. The Morgan fingerprint density at radius 2 is 2.20 bits per heavy atom. The van der Waals surface area contributed by atoms with Crippen molar-refractivity contribution in [2.75, 3.05) is 0 Å². The molecule has 3 rings (SSSR count). The van der Waals surface area contributed by atoms with E-state index in [-0.39, 0.29) is 10.7 Å². The van der Waals surface area contributed by atoms with Gasteiger partial charge in [-0.05, 0) is 31.8 Å². The van der Waals surface area contributed by atoms with Gasteiger partial charge in [0.1, 0.15) is 5.60 Å². The fourth-order valence-electron chi connectivity index (χ4n) is 2.30. The van der Waals surface area contributed by atoms with E-state index < -0.39 is 22.3 Å². The Hall–Kier alpha value is -1.15. The molecule has 0 radical (unpaired) electrons. The van der Waals surface area contributed by atoms with Crippen molar-refractivity contribution in [3.63, 3.8) is 0 Å². The summed E-state index contributed by atoms with van der Waals surface area (Å²) in [4.78, 5) is 5.14. The molecule has 1 aliphatic heterocycles. The van der Waals surface area contributed by atoms with Crippen molar-refractivity contribution in [1.82, 2.24) is 15.0 Å². The fraction of sp³-hybridized carbons (Fsp3) is 0.750. The lowest BCUT2D eigenvalue weighted by molar-refractivity contribution is 0.0123. The predicted octanol–water partition coefficient (Wildman–Crippen LogP) is 1.92. The number of hydrogen-bond donors (Lipinski definition) is 0. The molecule has 0 amide bonds. The number of oxime groups is 1. The van der Waals surface area contributed by atoms with Gasteiger partial charge in [0.2, 0.25) is 0 Å². The fourth-order valence-corrected chi connectivity index (χ4v) is 3.51. The van der Waals surface area contributed by atoms with Gasteiger partial charge in [-0.15, -0.1) is 5.10 Å². The quantitative estimate of drug-likeness (QED) is 0.799. The van der Waals surface area contributed by atoms with Crippen molar-refractivity contribution in [3.8, 4) is 0 Å². The Morgan fingerprint density at radius 3 is 2.75 bits per heavy atom. The minimum atomic E-state index is -1.88. The first-order valence-corrected chi connectivity index (χ1v) is 7.79. The van der Waals surface area contributed by atoms with Crippen molar-refractivity contribution in [1.29, 1.82) is 0 Å². The summed E-state index contributed by atoms with van der Waals surface area (Å²) < 4.78 is 28.4. The van der Waals surface area contributed by atoms with Crippen molar-refractivity contribution >= 4 is 16.2 Å². The van der Waals surface area contributed by atoms with E-state index >= 15 is 0 Å². The molecule has 2 heterocycles. The number of aryl methyl sites for hydroxylation is 1. The van der Waals surface area contributed by atoms with Crippen molar-refractivity contribution in [2.24, 2.45) is 12.2 Å². The average Bonchev–Trinajstić information content (AvgIpc) is 3.06. The van der Waals surface area contributed by atoms with E-state index in [4.69, 9.17) is 4.84 Å². The van der Waals surface area contributed by atoms with E-state index in [2.05, 4.69) is 15.5 Å². The van der Waals surface area contributed by atoms with Crippen LogP contribution in [0.4, 0.5) is 4.39 Å². The summed E-state index contributed by atoms with van der Waals surface area (Å²) in [5.74, 6) is 0.290. The Bertz CT molecular complexity index is 556. The number of aromatic nitrogens is 3. The second kappa shape index (κ2) is 4.70. The van der Waals surface area contributed by atoms with E-state index in [9.17, 15) is 8.94 Å². The minimum Gasteiger partial charge on any atom is -0.608 e. The van der Waals surface area contributed by atoms with Crippen LogP contribution < -0.4 is 0 Å². The molecule has 0 saturated heterocycles. The molecule has 2 aliphatic rings. The zero-order chi connectivity index (χ0) is 14.5. The number of rotatable bonds is 3. The van der Waals surface area contributed by atoms with Crippen LogP contribution in [0, 0.1) is 0 Å². The highest BCUT2D eigenvalue weighted by Gasteiger charge is 2.44. The molecule has 110 valence electrons. The second-order valence-electron chi connectivity index (χ2n) is 5.88. The highest BCUT2D eigenvalue weighted by atomic mass is 32.2. The highest BCUT2D eigenvalue weighted by Crippen LogP contribution is 2.44. The molecule has 1 aliphatic carbocycles. The summed E-state index contributed by atoms with van der Waals surface area (Å²) in [6, 6.07) is 0. The van der Waals surface area contributed by atoms with Crippen LogP contribution in [-0.4, -0.2) is 30.2 Å². The molecular formula is C12H17FN4O2S. The summed E-state index contributed by atoms with van der Waals surface area (Å²) >= 11 is -1.88. The Morgan fingerprint density at radius 1 is 1.50 bits per heavy atom. The number of nitrogens with zero attached hydrogens (tertiary/aromatic N) is 4. The van der Waals surface area contributed by atoms with Gasteiger partial charge in [0.05, 0.1) is 12.1 Å². The third-order valence-corrected chi connectivity index (χ3v) is 4.75. The molecule has 6 nitrogen and oxygen atoms in total. The van der Waals surface area contributed by atoms with Crippen LogP contribution in [0.1, 0.15) is 55.9 Å². The molecule has 1 fully saturated rings. The van der Waals surface area contributed by atoms with Gasteiger partial charge in [-0.3, -0.25) is 4.68 Å². The van der Waals surface area contributed by atoms with Crippen LogP contribution in [-0.2, 0) is 23.1 Å². The van der Waals surface area contributed by atoms with Crippen LogP contribution in [0.2, 0.25) is 0 Å². The van der Waals surface area contributed by atoms with E-state index in [1.54, 1.807) is 11.7 Å². The van der Waals surface area contributed by atoms with E-state index in [0.29, 0.717) is 12.3 Å². The molecule has 0 spiro atoms. The molecule has 8 heteroatoms. The lowest BCUT2D eigenvalue weighted by atomic mass is 10.1. The molecule has 1 aromatic heterocycles. The Kier molecular flexibility index (Phi) is 3.24. The van der Waals surface area contributed by atoms with Crippen LogP contribution in [0.15, 0.2) is 5.16 Å². The zero-order valence-electron chi connectivity index (χ0n) is 11.7. The van der Waals surface area contributed by atoms with Gasteiger partial charge >= 0.3 is 5.50 Å². The summed E-state index contributed by atoms with van der Waals surface area (Å²) in [6.07, 6.45) is 2.37. The standard InChI is InChI=1S/C12H17FN4O2S/c1-12(2)6-8(15-19-12)20(18)11(13)9-10(7-4-5-7)17(3)16-14-9/h7,11H,4-6H2,1-3H3. The molecule has 1 aromatic rings. The molecular weight excluding hydrogens is 283 g/mol. The molecule has 2 unspecified atom stereocenters. The van der Waals surface area contributed by atoms with Crippen LogP contribution in [0.25, 0.3) is 0 Å². The van der Waals surface area contributed by atoms with Gasteiger partial charge < -0.3 is 9.39 Å². The maximum absolute atomic E-state index is 14.5. The SMILES string of the molecule is Cn1nnc(C(F)[S+]([O-])C2=NOC(C)(C)C2)c1C1CC1. The zero-order valence-corrected chi connectivity index (χ0v) is 12.5. The summed E-state index contributed by atoms with van der Waals surface area (Å²) in [5.41, 5.74) is -1.28. The molecule has 0 aromatic carbocycles. The maximum Gasteiger partial charge on any atom is 0.305 e. The topological polar surface area (TPSA) is 75.4 Å². The summed E-state index contributed by atoms with van der Waals surface area (Å²) in [5, 5.41) is 11.7. The lowest BCUT2D eigenvalue weighted by Crippen LogP contribution is -2.25. The minimum absolute atomic E-state index is 0.181. The Labute approximate surface area is 119 Å². The summed E-state index contributed by atoms with van der Waals surface area (Å²) in [6.45, 7) is 3.65. The second-order valence-corrected chi connectivity index (χ2v) is 7.36. The molecule has 1 saturated carbocycles. The molecule has 0 bridgehead atoms. The van der Waals surface area contributed by atoms with Gasteiger partial charge in [0.15, 0.2) is 5.69 Å². The first kappa shape index (κ1) is 13.8. The molecule has 2 atom stereocenters. The normalized spacial score (nSPS) is 24.1. The lowest BCUT2D eigenvalue weighted by Gasteiger charge is -2.15. The van der Waals surface area contributed by atoms with E-state index in [0.717, 1.165) is 18.5 Å². The van der Waals surface area contributed by atoms with Crippen LogP contribution >= 0.6 is 0 Å². The first-order valence-electron chi connectivity index (χ1n) is 6.58. The smallest absolute Gasteiger partial charge is 0.305 e. The van der Waals surface area contributed by atoms with Crippen LogP contribution in [0.3, 0.4) is 0 Å². The van der Waals surface area contributed by atoms with E-state index in [1.807, 2.05) is 13.8 Å². The van der Waals surface area contributed by atoms with Crippen LogP contribution in [0.5, 0.6) is 0 Å². The number of hydrogen-bond acceptors (Lipinski definition) is 5. The Balaban J connectivity index is 1.81. The summed E-state index contributed by atoms with van der Waals surface area (Å²) in [7, 11) is 1.74.